The molecule has 0 radical (unpaired) electrons. The maximum absolute atomic E-state index is 13.1. The lowest BCUT2D eigenvalue weighted by Gasteiger charge is -2.36. The molecule has 8 heteroatoms. The number of phenolic OH excluding ortho intramolecular Hbond substituents is 3. The van der Waals surface area contributed by atoms with Crippen LogP contribution in [0.2, 0.25) is 0 Å². The molecule has 2 aromatic rings. The van der Waals surface area contributed by atoms with Gasteiger partial charge in [-0.2, -0.15) is 0 Å². The summed E-state index contributed by atoms with van der Waals surface area (Å²) >= 11 is 0. The van der Waals surface area contributed by atoms with Gasteiger partial charge in [-0.25, -0.2) is 0 Å². The molecule has 0 saturated heterocycles. The van der Waals surface area contributed by atoms with Crippen LogP contribution in [0.25, 0.3) is 0 Å². The Labute approximate surface area is 178 Å². The van der Waals surface area contributed by atoms with Gasteiger partial charge in [0.25, 0.3) is 0 Å². The number of benzene rings is 2. The second kappa shape index (κ2) is 7.40. The van der Waals surface area contributed by atoms with Gasteiger partial charge in [-0.05, 0) is 31.0 Å². The van der Waals surface area contributed by atoms with Crippen molar-refractivity contribution in [3.63, 3.8) is 0 Å². The van der Waals surface area contributed by atoms with E-state index < -0.39 is 34.8 Å². The number of carbonyl (C=O) groups is 2. The molecule has 0 fully saturated rings. The van der Waals surface area contributed by atoms with Gasteiger partial charge in [-0.1, -0.05) is 12.1 Å². The molecule has 2 aromatic carbocycles. The van der Waals surface area contributed by atoms with Gasteiger partial charge in [0.2, 0.25) is 0 Å². The van der Waals surface area contributed by atoms with Gasteiger partial charge in [0.15, 0.2) is 17.3 Å². The Bertz CT molecular complexity index is 1120. The Balaban J connectivity index is 1.66. The molecule has 0 saturated carbocycles. The molecular weight excluding hydrogens is 402 g/mol. The summed E-state index contributed by atoms with van der Waals surface area (Å²) in [5, 5.41) is 54.2. The topological polar surface area (TPSA) is 147 Å². The highest BCUT2D eigenvalue weighted by atomic mass is 16.3. The number of aliphatic hydroxyl groups is 2. The van der Waals surface area contributed by atoms with Crippen LogP contribution < -0.4 is 5.32 Å². The van der Waals surface area contributed by atoms with E-state index in [1.807, 2.05) is 0 Å². The fourth-order valence-corrected chi connectivity index (χ4v) is 4.29. The number of phenols is 3. The Morgan fingerprint density at radius 3 is 2.42 bits per heavy atom. The zero-order valence-corrected chi connectivity index (χ0v) is 16.8. The van der Waals surface area contributed by atoms with Gasteiger partial charge in [-0.15, -0.1) is 0 Å². The van der Waals surface area contributed by atoms with E-state index in [1.54, 1.807) is 24.3 Å². The predicted octanol–water partition coefficient (Wildman–Crippen LogP) is 2.04. The number of rotatable bonds is 4. The minimum atomic E-state index is -1.37. The minimum Gasteiger partial charge on any atom is -0.508 e. The Morgan fingerprint density at radius 1 is 1.06 bits per heavy atom. The number of ketones is 2. The highest BCUT2D eigenvalue weighted by Crippen LogP contribution is 2.46. The largest absolute Gasteiger partial charge is 0.508 e. The molecule has 0 heterocycles. The minimum absolute atomic E-state index is 0.0443. The Hall–Kier alpha value is -3.36. The monoisotopic (exact) mass is 425 g/mol. The van der Waals surface area contributed by atoms with Crippen LogP contribution >= 0.6 is 0 Å². The average Bonchev–Trinajstić information content (AvgIpc) is 2.68. The van der Waals surface area contributed by atoms with Crippen LogP contribution in [0, 0.1) is 0 Å². The number of carbonyl (C=O) groups excluding carboxylic acids is 2. The summed E-state index contributed by atoms with van der Waals surface area (Å²) in [5.41, 5.74) is -1.21. The first-order chi connectivity index (χ1) is 14.6. The van der Waals surface area contributed by atoms with E-state index in [0.29, 0.717) is 13.0 Å². The molecule has 0 spiro atoms. The molecule has 2 atom stereocenters. The van der Waals surface area contributed by atoms with E-state index in [-0.39, 0.29) is 46.6 Å². The number of aromatic hydroxyl groups is 3. The van der Waals surface area contributed by atoms with Crippen LogP contribution in [-0.4, -0.2) is 55.3 Å². The third-order valence-electron chi connectivity index (χ3n) is 5.77. The lowest BCUT2D eigenvalue weighted by molar-refractivity contribution is 0.00373. The van der Waals surface area contributed by atoms with E-state index in [0.717, 1.165) is 5.56 Å². The fraction of sp³-hybridized carbons (Fsp3) is 0.304. The van der Waals surface area contributed by atoms with Crippen molar-refractivity contribution in [2.75, 3.05) is 11.9 Å². The van der Waals surface area contributed by atoms with E-state index in [4.69, 9.17) is 0 Å². The second-order valence-corrected chi connectivity index (χ2v) is 8.33. The maximum atomic E-state index is 13.1. The standard InChI is InChI=1S/C23H23NO7/c1-23(31)9-13-17(16(27)10-23)22(30)18-15(26)8-14(21(29)19(18)20(13)28)24-7-6-11-2-4-12(25)5-3-11/h2-5,8,16,24-27,29,31H,6-7,9-10H2,1H3/t16-,23-/m0/s1. The van der Waals surface area contributed by atoms with E-state index in [1.165, 1.54) is 13.0 Å². The van der Waals surface area contributed by atoms with E-state index in [2.05, 4.69) is 5.32 Å². The number of fused-ring (bicyclic) bond motifs is 1. The van der Waals surface area contributed by atoms with Gasteiger partial charge >= 0.3 is 0 Å². The van der Waals surface area contributed by atoms with Gasteiger partial charge in [0.1, 0.15) is 11.5 Å². The second-order valence-electron chi connectivity index (χ2n) is 8.33. The number of Topliss-reactive ketones (excluding diaryl/α,β-unsaturated/α-hetero) is 2. The Kier molecular flexibility index (Phi) is 4.99. The zero-order chi connectivity index (χ0) is 22.5. The lowest BCUT2D eigenvalue weighted by atomic mass is 9.71. The Morgan fingerprint density at radius 2 is 1.74 bits per heavy atom. The molecule has 6 N–H and O–H groups in total. The van der Waals surface area contributed by atoms with Crippen molar-refractivity contribution in [1.82, 2.24) is 0 Å². The number of hydrogen-bond donors (Lipinski definition) is 6. The number of aliphatic hydroxyl groups excluding tert-OH is 1. The first-order valence-electron chi connectivity index (χ1n) is 9.92. The van der Waals surface area contributed by atoms with Gasteiger partial charge in [0, 0.05) is 36.6 Å². The molecule has 0 aromatic heterocycles. The van der Waals surface area contributed by atoms with Crippen LogP contribution in [0.4, 0.5) is 5.69 Å². The third kappa shape index (κ3) is 3.64. The van der Waals surface area contributed by atoms with Gasteiger partial charge in [-0.3, -0.25) is 9.59 Å². The van der Waals surface area contributed by atoms with Crippen molar-refractivity contribution in [3.8, 4) is 17.2 Å². The molecular formula is C23H23NO7. The summed E-state index contributed by atoms with van der Waals surface area (Å²) in [5.74, 6) is -2.22. The third-order valence-corrected chi connectivity index (χ3v) is 5.77. The zero-order valence-electron chi connectivity index (χ0n) is 16.8. The number of hydrogen-bond acceptors (Lipinski definition) is 8. The van der Waals surface area contributed by atoms with Crippen molar-refractivity contribution >= 4 is 17.3 Å². The highest BCUT2D eigenvalue weighted by molar-refractivity contribution is 6.30. The summed E-state index contributed by atoms with van der Waals surface area (Å²) in [7, 11) is 0. The van der Waals surface area contributed by atoms with Crippen molar-refractivity contribution < 1.29 is 35.1 Å². The smallest absolute Gasteiger partial charge is 0.196 e. The maximum Gasteiger partial charge on any atom is 0.196 e. The molecule has 2 aliphatic rings. The van der Waals surface area contributed by atoms with Crippen molar-refractivity contribution in [2.24, 2.45) is 0 Å². The first kappa shape index (κ1) is 20.9. The van der Waals surface area contributed by atoms with Crippen LogP contribution in [-0.2, 0) is 6.42 Å². The van der Waals surface area contributed by atoms with Gasteiger partial charge in [0.05, 0.1) is 28.5 Å². The quantitative estimate of drug-likeness (QED) is 0.322. The fourth-order valence-electron chi connectivity index (χ4n) is 4.29. The van der Waals surface area contributed by atoms with E-state index in [9.17, 15) is 35.1 Å². The molecule has 0 unspecified atom stereocenters. The lowest BCUT2D eigenvalue weighted by Crippen LogP contribution is -2.42. The van der Waals surface area contributed by atoms with Crippen molar-refractivity contribution in [2.45, 2.75) is 37.9 Å². The molecule has 4 rings (SSSR count). The number of nitrogens with one attached hydrogen (secondary N) is 1. The molecule has 0 aliphatic heterocycles. The predicted molar refractivity (Wildman–Crippen MR) is 112 cm³/mol. The molecule has 0 amide bonds. The summed E-state index contributed by atoms with van der Waals surface area (Å²) in [6, 6.07) is 7.78. The molecule has 162 valence electrons. The van der Waals surface area contributed by atoms with Gasteiger partial charge < -0.3 is 30.8 Å². The van der Waals surface area contributed by atoms with Crippen molar-refractivity contribution in [1.29, 1.82) is 0 Å². The average molecular weight is 425 g/mol. The van der Waals surface area contributed by atoms with Crippen LogP contribution in [0.3, 0.4) is 0 Å². The van der Waals surface area contributed by atoms with Crippen LogP contribution in [0.15, 0.2) is 41.5 Å². The molecule has 0 bridgehead atoms. The first-order valence-corrected chi connectivity index (χ1v) is 9.92. The molecule has 2 aliphatic carbocycles. The van der Waals surface area contributed by atoms with Crippen LogP contribution in [0.5, 0.6) is 17.2 Å². The molecule has 8 nitrogen and oxygen atoms in total. The highest BCUT2D eigenvalue weighted by Gasteiger charge is 2.46. The van der Waals surface area contributed by atoms with Crippen molar-refractivity contribution in [3.05, 3.63) is 58.2 Å². The summed E-state index contributed by atoms with van der Waals surface area (Å²) in [6.07, 6.45) is -1.05. The SMILES string of the molecule is C[C@]1(O)CC2=C(C(=O)c3c(O)cc(NCCc4ccc(O)cc4)c(O)c3C2=O)[C@@H](O)C1. The van der Waals surface area contributed by atoms with E-state index >= 15 is 0 Å². The summed E-state index contributed by atoms with van der Waals surface area (Å²) in [6.45, 7) is 1.81. The molecule has 31 heavy (non-hydrogen) atoms. The summed E-state index contributed by atoms with van der Waals surface area (Å²) < 4.78 is 0. The normalized spacial score (nSPS) is 22.9. The summed E-state index contributed by atoms with van der Waals surface area (Å²) in [4.78, 5) is 26.1. The van der Waals surface area contributed by atoms with Crippen LogP contribution in [0.1, 0.15) is 46.0 Å². The number of anilines is 1.